The van der Waals surface area contributed by atoms with Crippen molar-refractivity contribution in [1.29, 1.82) is 0 Å². The first-order chi connectivity index (χ1) is 7.45. The van der Waals surface area contributed by atoms with E-state index in [0.717, 1.165) is 4.90 Å². The molecule has 1 fully saturated rings. The number of carbonyl (C=O) groups is 3. The van der Waals surface area contributed by atoms with Crippen molar-refractivity contribution in [1.82, 2.24) is 15.5 Å². The van der Waals surface area contributed by atoms with E-state index >= 15 is 0 Å². The molecule has 6 nitrogen and oxygen atoms in total. The normalized spacial score (nSPS) is 20.2. The minimum Gasteiger partial charge on any atom is -0.358 e. The molecular weight excluding hydrogens is 210 g/mol. The number of amides is 4. The van der Waals surface area contributed by atoms with Gasteiger partial charge in [0, 0.05) is 7.05 Å². The largest absolute Gasteiger partial charge is 0.358 e. The van der Waals surface area contributed by atoms with Gasteiger partial charge in [0.25, 0.3) is 5.91 Å². The van der Waals surface area contributed by atoms with Gasteiger partial charge in [0.2, 0.25) is 5.91 Å². The molecule has 1 heterocycles. The molecule has 0 aromatic carbocycles. The van der Waals surface area contributed by atoms with Crippen LogP contribution < -0.4 is 10.6 Å². The molecule has 0 aliphatic carbocycles. The van der Waals surface area contributed by atoms with Crippen molar-refractivity contribution in [3.8, 4) is 0 Å². The maximum Gasteiger partial charge on any atom is 0.325 e. The summed E-state index contributed by atoms with van der Waals surface area (Å²) in [6.45, 7) is 3.73. The van der Waals surface area contributed by atoms with Crippen molar-refractivity contribution < 1.29 is 14.4 Å². The van der Waals surface area contributed by atoms with Crippen LogP contribution in [0.25, 0.3) is 0 Å². The van der Waals surface area contributed by atoms with Gasteiger partial charge < -0.3 is 10.6 Å². The maximum atomic E-state index is 11.8. The lowest BCUT2D eigenvalue weighted by atomic mass is 10.0. The van der Waals surface area contributed by atoms with Crippen molar-refractivity contribution in [2.45, 2.75) is 26.3 Å². The van der Waals surface area contributed by atoms with Crippen molar-refractivity contribution in [2.24, 2.45) is 5.92 Å². The molecule has 16 heavy (non-hydrogen) atoms. The van der Waals surface area contributed by atoms with Gasteiger partial charge in [0.15, 0.2) is 0 Å². The summed E-state index contributed by atoms with van der Waals surface area (Å²) in [4.78, 5) is 35.3. The quantitative estimate of drug-likeness (QED) is 0.647. The first-order valence-corrected chi connectivity index (χ1v) is 5.28. The molecular formula is C10H17N3O3. The summed E-state index contributed by atoms with van der Waals surface area (Å²) in [5.41, 5.74) is 0. The SMILES string of the molecule is CNC(=O)CN1C(=O)N[C@@H](CC(C)C)C1=O. The molecule has 0 spiro atoms. The zero-order valence-electron chi connectivity index (χ0n) is 9.74. The van der Waals surface area contributed by atoms with Crippen LogP contribution in [-0.4, -0.2) is 42.4 Å². The van der Waals surface area contributed by atoms with Gasteiger partial charge in [-0.05, 0) is 12.3 Å². The van der Waals surface area contributed by atoms with Crippen molar-refractivity contribution >= 4 is 17.8 Å². The Labute approximate surface area is 94.4 Å². The van der Waals surface area contributed by atoms with Crippen LogP contribution in [0.1, 0.15) is 20.3 Å². The molecule has 1 saturated heterocycles. The topological polar surface area (TPSA) is 78.5 Å². The van der Waals surface area contributed by atoms with Crippen LogP contribution >= 0.6 is 0 Å². The zero-order valence-corrected chi connectivity index (χ0v) is 9.74. The van der Waals surface area contributed by atoms with Gasteiger partial charge in [-0.15, -0.1) is 0 Å². The predicted molar refractivity (Wildman–Crippen MR) is 57.6 cm³/mol. The van der Waals surface area contributed by atoms with E-state index in [0.29, 0.717) is 12.3 Å². The summed E-state index contributed by atoms with van der Waals surface area (Å²) in [6.07, 6.45) is 0.592. The van der Waals surface area contributed by atoms with Crippen LogP contribution in [0.2, 0.25) is 0 Å². The number of likely N-dealkylation sites (N-methyl/N-ethyl adjacent to an activating group) is 1. The Kier molecular flexibility index (Phi) is 3.87. The summed E-state index contributed by atoms with van der Waals surface area (Å²) in [5.74, 6) is -0.356. The Bertz CT molecular complexity index is 314. The van der Waals surface area contributed by atoms with Gasteiger partial charge in [-0.2, -0.15) is 0 Å². The lowest BCUT2D eigenvalue weighted by molar-refractivity contribution is -0.132. The number of imide groups is 1. The highest BCUT2D eigenvalue weighted by atomic mass is 16.2. The van der Waals surface area contributed by atoms with Gasteiger partial charge in [0.1, 0.15) is 12.6 Å². The Morgan fingerprint density at radius 1 is 1.50 bits per heavy atom. The molecule has 0 saturated carbocycles. The van der Waals surface area contributed by atoms with Gasteiger partial charge >= 0.3 is 6.03 Å². The third-order valence-electron chi connectivity index (χ3n) is 2.39. The molecule has 0 unspecified atom stereocenters. The number of hydrogen-bond donors (Lipinski definition) is 2. The molecule has 0 bridgehead atoms. The number of carbonyl (C=O) groups excluding carboxylic acids is 3. The molecule has 1 atom stereocenters. The first kappa shape index (κ1) is 12.5. The molecule has 6 heteroatoms. The number of urea groups is 1. The highest BCUT2D eigenvalue weighted by Crippen LogP contribution is 2.13. The average molecular weight is 227 g/mol. The zero-order chi connectivity index (χ0) is 12.3. The van der Waals surface area contributed by atoms with E-state index in [1.165, 1.54) is 7.05 Å². The summed E-state index contributed by atoms with van der Waals surface area (Å²) < 4.78 is 0. The fraction of sp³-hybridized carbons (Fsp3) is 0.700. The standard InChI is InChI=1S/C10H17N3O3/c1-6(2)4-7-9(15)13(10(16)12-7)5-8(14)11-3/h6-7H,4-5H2,1-3H3,(H,11,14)(H,12,16)/t7-/m0/s1. The molecule has 1 aliphatic heterocycles. The first-order valence-electron chi connectivity index (χ1n) is 5.28. The van der Waals surface area contributed by atoms with Crippen molar-refractivity contribution in [2.75, 3.05) is 13.6 Å². The monoisotopic (exact) mass is 227 g/mol. The fourth-order valence-electron chi connectivity index (χ4n) is 1.58. The average Bonchev–Trinajstić information content (AvgIpc) is 2.45. The Morgan fingerprint density at radius 2 is 2.12 bits per heavy atom. The lowest BCUT2D eigenvalue weighted by Gasteiger charge is -2.12. The van der Waals surface area contributed by atoms with E-state index in [1.807, 2.05) is 13.8 Å². The smallest absolute Gasteiger partial charge is 0.325 e. The van der Waals surface area contributed by atoms with Crippen LogP contribution in [0.3, 0.4) is 0 Å². The summed E-state index contributed by atoms with van der Waals surface area (Å²) in [7, 11) is 1.46. The summed E-state index contributed by atoms with van der Waals surface area (Å²) in [5, 5.41) is 4.95. The second-order valence-corrected chi connectivity index (χ2v) is 4.23. The fourth-order valence-corrected chi connectivity index (χ4v) is 1.58. The van der Waals surface area contributed by atoms with Crippen LogP contribution in [0.5, 0.6) is 0 Å². The molecule has 0 aromatic heterocycles. The van der Waals surface area contributed by atoms with E-state index in [1.54, 1.807) is 0 Å². The van der Waals surface area contributed by atoms with Crippen molar-refractivity contribution in [3.05, 3.63) is 0 Å². The number of nitrogens with zero attached hydrogens (tertiary/aromatic N) is 1. The third-order valence-corrected chi connectivity index (χ3v) is 2.39. The Balaban J connectivity index is 2.64. The molecule has 1 aliphatic rings. The van der Waals surface area contributed by atoms with Crippen LogP contribution in [-0.2, 0) is 9.59 Å². The Hall–Kier alpha value is -1.59. The van der Waals surface area contributed by atoms with E-state index in [-0.39, 0.29) is 18.4 Å². The summed E-state index contributed by atoms with van der Waals surface area (Å²) in [6, 6.07) is -0.976. The third kappa shape index (κ3) is 2.71. The van der Waals surface area contributed by atoms with Crippen LogP contribution in [0.4, 0.5) is 4.79 Å². The molecule has 0 radical (unpaired) electrons. The van der Waals surface area contributed by atoms with Crippen LogP contribution in [0.15, 0.2) is 0 Å². The second kappa shape index (κ2) is 4.96. The van der Waals surface area contributed by atoms with E-state index in [4.69, 9.17) is 0 Å². The number of rotatable bonds is 4. The summed E-state index contributed by atoms with van der Waals surface area (Å²) >= 11 is 0. The number of nitrogens with one attached hydrogen (secondary N) is 2. The highest BCUT2D eigenvalue weighted by molar-refractivity contribution is 6.06. The molecule has 4 amide bonds. The molecule has 2 N–H and O–H groups in total. The minimum atomic E-state index is -0.489. The minimum absolute atomic E-state index is 0.213. The van der Waals surface area contributed by atoms with Crippen molar-refractivity contribution in [3.63, 3.8) is 0 Å². The number of hydrogen-bond acceptors (Lipinski definition) is 3. The molecule has 90 valence electrons. The highest BCUT2D eigenvalue weighted by Gasteiger charge is 2.38. The van der Waals surface area contributed by atoms with Gasteiger partial charge in [-0.1, -0.05) is 13.8 Å². The molecule has 1 rings (SSSR count). The maximum absolute atomic E-state index is 11.8. The van der Waals surface area contributed by atoms with E-state index in [9.17, 15) is 14.4 Å². The predicted octanol–water partition coefficient (Wildman–Crippen LogP) is -0.301. The lowest BCUT2D eigenvalue weighted by Crippen LogP contribution is -2.40. The van der Waals surface area contributed by atoms with Gasteiger partial charge in [-0.3, -0.25) is 14.5 Å². The van der Waals surface area contributed by atoms with E-state index < -0.39 is 12.1 Å². The molecule has 0 aromatic rings. The van der Waals surface area contributed by atoms with Gasteiger partial charge in [-0.25, -0.2) is 4.79 Å². The Morgan fingerprint density at radius 3 is 2.62 bits per heavy atom. The second-order valence-electron chi connectivity index (χ2n) is 4.23. The van der Waals surface area contributed by atoms with Crippen LogP contribution in [0, 0.1) is 5.92 Å². The van der Waals surface area contributed by atoms with Gasteiger partial charge in [0.05, 0.1) is 0 Å². The van der Waals surface area contributed by atoms with E-state index in [2.05, 4.69) is 10.6 Å².